The predicted octanol–water partition coefficient (Wildman–Crippen LogP) is 2.76. The highest BCUT2D eigenvalue weighted by Gasteiger charge is 2.46. The number of piperidine rings is 1. The van der Waals surface area contributed by atoms with Crippen LogP contribution >= 0.6 is 0 Å². The summed E-state index contributed by atoms with van der Waals surface area (Å²) in [6, 6.07) is 9.68. The zero-order chi connectivity index (χ0) is 17.1. The van der Waals surface area contributed by atoms with Crippen LogP contribution < -0.4 is 15.8 Å². The minimum Gasteiger partial charge on any atom is -0.492 e. The summed E-state index contributed by atoms with van der Waals surface area (Å²) in [6.45, 7) is 9.23. The number of para-hydroxylation sites is 1. The van der Waals surface area contributed by atoms with Crippen molar-refractivity contribution in [1.82, 2.24) is 10.2 Å². The van der Waals surface area contributed by atoms with Gasteiger partial charge in [0.25, 0.3) is 0 Å². The van der Waals surface area contributed by atoms with Gasteiger partial charge in [-0.1, -0.05) is 18.2 Å². The van der Waals surface area contributed by atoms with E-state index < -0.39 is 0 Å². The first kappa shape index (κ1) is 17.6. The third-order valence-corrected chi connectivity index (χ3v) is 4.33. The van der Waals surface area contributed by atoms with Crippen molar-refractivity contribution < 1.29 is 9.53 Å². The number of benzene rings is 1. The number of nitrogens with one attached hydrogen (secondary N) is 1. The second kappa shape index (κ2) is 6.79. The average molecular weight is 319 g/mol. The van der Waals surface area contributed by atoms with Crippen molar-refractivity contribution in [1.29, 1.82) is 0 Å². The third kappa shape index (κ3) is 4.38. The Morgan fingerprint density at radius 2 is 1.78 bits per heavy atom. The normalized spacial score (nSPS) is 20.1. The molecule has 1 heterocycles. The Labute approximate surface area is 139 Å². The molecule has 1 fully saturated rings. The second-order valence-corrected chi connectivity index (χ2v) is 7.52. The summed E-state index contributed by atoms with van der Waals surface area (Å²) in [7, 11) is 0. The SMILES string of the molecule is CC1(C)CC(N)CC(C)(C)N1C(=O)NCCOc1ccccc1. The Bertz CT molecular complexity index is 510. The van der Waals surface area contributed by atoms with E-state index in [4.69, 9.17) is 10.5 Å². The molecule has 1 aromatic carbocycles. The van der Waals surface area contributed by atoms with Crippen molar-refractivity contribution >= 4 is 6.03 Å². The molecule has 5 nitrogen and oxygen atoms in total. The van der Waals surface area contributed by atoms with Crippen molar-refractivity contribution in [2.24, 2.45) is 5.73 Å². The number of nitrogens with zero attached hydrogens (tertiary/aromatic N) is 1. The van der Waals surface area contributed by atoms with Crippen LogP contribution in [0.15, 0.2) is 30.3 Å². The van der Waals surface area contributed by atoms with Crippen LogP contribution in [-0.4, -0.2) is 41.2 Å². The Balaban J connectivity index is 1.89. The van der Waals surface area contributed by atoms with Crippen molar-refractivity contribution in [3.8, 4) is 5.75 Å². The molecule has 0 aromatic heterocycles. The van der Waals surface area contributed by atoms with E-state index in [0.717, 1.165) is 18.6 Å². The predicted molar refractivity (Wildman–Crippen MR) is 92.5 cm³/mol. The van der Waals surface area contributed by atoms with Gasteiger partial charge in [0.15, 0.2) is 0 Å². The highest BCUT2D eigenvalue weighted by atomic mass is 16.5. The zero-order valence-electron chi connectivity index (χ0n) is 14.6. The summed E-state index contributed by atoms with van der Waals surface area (Å²) in [4.78, 5) is 14.6. The van der Waals surface area contributed by atoms with E-state index in [1.54, 1.807) is 0 Å². The molecule has 0 bridgehead atoms. The van der Waals surface area contributed by atoms with Crippen LogP contribution in [0.5, 0.6) is 5.75 Å². The number of likely N-dealkylation sites (tertiary alicyclic amines) is 1. The van der Waals surface area contributed by atoms with Crippen molar-refractivity contribution in [2.45, 2.75) is 57.7 Å². The van der Waals surface area contributed by atoms with E-state index >= 15 is 0 Å². The van der Waals surface area contributed by atoms with Gasteiger partial charge in [-0.25, -0.2) is 4.79 Å². The number of hydrogen-bond donors (Lipinski definition) is 2. The minimum atomic E-state index is -0.258. The number of carbonyl (C=O) groups excluding carboxylic acids is 1. The maximum Gasteiger partial charge on any atom is 0.318 e. The van der Waals surface area contributed by atoms with Crippen LogP contribution in [0, 0.1) is 0 Å². The number of urea groups is 1. The molecule has 2 amide bonds. The fraction of sp³-hybridized carbons (Fsp3) is 0.611. The second-order valence-electron chi connectivity index (χ2n) is 7.52. The number of hydrogen-bond acceptors (Lipinski definition) is 3. The fourth-order valence-corrected chi connectivity index (χ4v) is 3.83. The van der Waals surface area contributed by atoms with Gasteiger partial charge >= 0.3 is 6.03 Å². The molecule has 1 aromatic rings. The minimum absolute atomic E-state index is 0.0523. The molecule has 128 valence electrons. The molecular formula is C18H29N3O2. The van der Waals surface area contributed by atoms with Crippen LogP contribution in [0.2, 0.25) is 0 Å². The van der Waals surface area contributed by atoms with Crippen LogP contribution in [0.4, 0.5) is 4.79 Å². The zero-order valence-corrected chi connectivity index (χ0v) is 14.6. The van der Waals surface area contributed by atoms with Gasteiger partial charge in [0.05, 0.1) is 6.54 Å². The van der Waals surface area contributed by atoms with E-state index in [2.05, 4.69) is 33.0 Å². The maximum atomic E-state index is 12.7. The van der Waals surface area contributed by atoms with Gasteiger partial charge < -0.3 is 20.7 Å². The number of carbonyl (C=O) groups is 1. The van der Waals surface area contributed by atoms with E-state index in [1.807, 2.05) is 35.2 Å². The molecule has 0 radical (unpaired) electrons. The average Bonchev–Trinajstić information content (AvgIpc) is 2.41. The lowest BCUT2D eigenvalue weighted by Crippen LogP contribution is -2.67. The highest BCUT2D eigenvalue weighted by Crippen LogP contribution is 2.37. The van der Waals surface area contributed by atoms with Crippen LogP contribution in [0.25, 0.3) is 0 Å². The lowest BCUT2D eigenvalue weighted by atomic mass is 9.77. The standard InChI is InChI=1S/C18H29N3O2/c1-17(2)12-14(19)13-18(3,4)21(17)16(22)20-10-11-23-15-8-6-5-7-9-15/h5-9,14H,10-13,19H2,1-4H3,(H,20,22). The molecule has 0 aliphatic carbocycles. The molecule has 0 atom stereocenters. The Morgan fingerprint density at radius 1 is 1.22 bits per heavy atom. The van der Waals surface area contributed by atoms with Crippen molar-refractivity contribution in [3.63, 3.8) is 0 Å². The number of amides is 2. The molecule has 3 N–H and O–H groups in total. The first-order valence-electron chi connectivity index (χ1n) is 8.24. The molecule has 0 spiro atoms. The maximum absolute atomic E-state index is 12.7. The first-order chi connectivity index (χ1) is 10.7. The molecule has 1 aliphatic rings. The highest BCUT2D eigenvalue weighted by molar-refractivity contribution is 5.76. The van der Waals surface area contributed by atoms with Crippen LogP contribution in [0.1, 0.15) is 40.5 Å². The van der Waals surface area contributed by atoms with E-state index in [0.29, 0.717) is 13.2 Å². The summed E-state index contributed by atoms with van der Waals surface area (Å²) in [5.41, 5.74) is 5.64. The smallest absolute Gasteiger partial charge is 0.318 e. The molecule has 2 rings (SSSR count). The van der Waals surface area contributed by atoms with Gasteiger partial charge in [-0.15, -0.1) is 0 Å². The molecule has 1 saturated heterocycles. The van der Waals surface area contributed by atoms with E-state index in [1.165, 1.54) is 0 Å². The molecule has 23 heavy (non-hydrogen) atoms. The Kier molecular flexibility index (Phi) is 5.19. The van der Waals surface area contributed by atoms with E-state index in [9.17, 15) is 4.79 Å². The summed E-state index contributed by atoms with van der Waals surface area (Å²) >= 11 is 0. The molecule has 0 saturated carbocycles. The molecule has 0 unspecified atom stereocenters. The first-order valence-corrected chi connectivity index (χ1v) is 8.24. The van der Waals surface area contributed by atoms with Gasteiger partial charge in [0.1, 0.15) is 12.4 Å². The van der Waals surface area contributed by atoms with Crippen LogP contribution in [0.3, 0.4) is 0 Å². The van der Waals surface area contributed by atoms with Crippen LogP contribution in [-0.2, 0) is 0 Å². The largest absolute Gasteiger partial charge is 0.492 e. The molecule has 1 aliphatic heterocycles. The third-order valence-electron chi connectivity index (χ3n) is 4.33. The summed E-state index contributed by atoms with van der Waals surface area (Å²) in [5, 5.41) is 2.97. The number of rotatable bonds is 4. The molecule has 5 heteroatoms. The Morgan fingerprint density at radius 3 is 2.35 bits per heavy atom. The summed E-state index contributed by atoms with van der Waals surface area (Å²) in [5.74, 6) is 0.811. The summed E-state index contributed by atoms with van der Waals surface area (Å²) in [6.07, 6.45) is 1.62. The van der Waals surface area contributed by atoms with Gasteiger partial charge in [-0.05, 0) is 52.7 Å². The van der Waals surface area contributed by atoms with Gasteiger partial charge in [-0.2, -0.15) is 0 Å². The van der Waals surface area contributed by atoms with Gasteiger partial charge in [0.2, 0.25) is 0 Å². The number of nitrogens with two attached hydrogens (primary N) is 1. The Hall–Kier alpha value is -1.75. The van der Waals surface area contributed by atoms with Crippen molar-refractivity contribution in [2.75, 3.05) is 13.2 Å². The monoisotopic (exact) mass is 319 g/mol. The number of ether oxygens (including phenoxy) is 1. The molecular weight excluding hydrogens is 290 g/mol. The topological polar surface area (TPSA) is 67.6 Å². The lowest BCUT2D eigenvalue weighted by molar-refractivity contribution is 0.00292. The van der Waals surface area contributed by atoms with E-state index in [-0.39, 0.29) is 23.2 Å². The lowest BCUT2D eigenvalue weighted by Gasteiger charge is -2.54. The van der Waals surface area contributed by atoms with Gasteiger partial charge in [0, 0.05) is 17.1 Å². The quantitative estimate of drug-likeness (QED) is 0.839. The summed E-state index contributed by atoms with van der Waals surface area (Å²) < 4.78 is 5.61. The fourth-order valence-electron chi connectivity index (χ4n) is 3.83. The van der Waals surface area contributed by atoms with Gasteiger partial charge in [-0.3, -0.25) is 0 Å². The van der Waals surface area contributed by atoms with Crippen molar-refractivity contribution in [3.05, 3.63) is 30.3 Å².